The van der Waals surface area contributed by atoms with Crippen LogP contribution in [0.15, 0.2) is 11.3 Å². The largest absolute Gasteiger partial charge is 0.357 e. The van der Waals surface area contributed by atoms with Gasteiger partial charge in [0, 0.05) is 39.1 Å². The van der Waals surface area contributed by atoms with Crippen molar-refractivity contribution in [1.82, 2.24) is 30.1 Å². The number of nitrogens with one attached hydrogen (secondary N) is 3. The minimum Gasteiger partial charge on any atom is -0.357 e. The van der Waals surface area contributed by atoms with Crippen LogP contribution in [0.5, 0.6) is 0 Å². The SMILES string of the molecule is CCNC(=NCCCNS(=O)(=O)CC)NCCn1cnnc1CC. The molecule has 0 aliphatic heterocycles. The van der Waals surface area contributed by atoms with Gasteiger partial charge in [-0.3, -0.25) is 4.99 Å². The normalized spacial score (nSPS) is 12.4. The summed E-state index contributed by atoms with van der Waals surface area (Å²) in [7, 11) is -3.12. The van der Waals surface area contributed by atoms with Gasteiger partial charge in [-0.15, -0.1) is 10.2 Å². The van der Waals surface area contributed by atoms with Crippen LogP contribution >= 0.6 is 0 Å². The van der Waals surface area contributed by atoms with Gasteiger partial charge in [0.25, 0.3) is 0 Å². The van der Waals surface area contributed by atoms with Crippen molar-refractivity contribution in [3.05, 3.63) is 12.2 Å². The van der Waals surface area contributed by atoms with Crippen molar-refractivity contribution in [3.8, 4) is 0 Å². The Morgan fingerprint density at radius 3 is 2.71 bits per heavy atom. The number of hydrogen-bond donors (Lipinski definition) is 3. The molecule has 0 aromatic carbocycles. The van der Waals surface area contributed by atoms with Crippen LogP contribution in [0.1, 0.15) is 33.0 Å². The van der Waals surface area contributed by atoms with Crippen LogP contribution in [0.4, 0.5) is 0 Å². The lowest BCUT2D eigenvalue weighted by molar-refractivity contribution is 0.580. The predicted octanol–water partition coefficient (Wildman–Crippen LogP) is -0.275. The summed E-state index contributed by atoms with van der Waals surface area (Å²) < 4.78 is 27.2. The number of hydrogen-bond acceptors (Lipinski definition) is 5. The molecule has 3 N–H and O–H groups in total. The quantitative estimate of drug-likeness (QED) is 0.285. The van der Waals surface area contributed by atoms with Crippen molar-refractivity contribution in [2.45, 2.75) is 40.2 Å². The van der Waals surface area contributed by atoms with Gasteiger partial charge in [0.05, 0.1) is 5.75 Å². The molecule has 1 rings (SSSR count). The smallest absolute Gasteiger partial charge is 0.211 e. The maximum absolute atomic E-state index is 11.3. The molecule has 0 saturated carbocycles. The zero-order valence-corrected chi connectivity index (χ0v) is 15.6. The molecule has 0 bridgehead atoms. The first-order valence-electron chi connectivity index (χ1n) is 8.38. The van der Waals surface area contributed by atoms with Crippen LogP contribution in [0.3, 0.4) is 0 Å². The lowest BCUT2D eigenvalue weighted by Crippen LogP contribution is -2.39. The highest BCUT2D eigenvalue weighted by Gasteiger charge is 2.04. The van der Waals surface area contributed by atoms with Crippen LogP contribution in [0.25, 0.3) is 0 Å². The highest BCUT2D eigenvalue weighted by Crippen LogP contribution is 1.94. The Bertz CT molecular complexity index is 598. The van der Waals surface area contributed by atoms with E-state index in [9.17, 15) is 8.42 Å². The van der Waals surface area contributed by atoms with Crippen LogP contribution in [-0.4, -0.2) is 61.1 Å². The van der Waals surface area contributed by atoms with Crippen LogP contribution in [-0.2, 0) is 23.0 Å². The molecule has 138 valence electrons. The molecule has 0 unspecified atom stereocenters. The fraction of sp³-hybridized carbons (Fsp3) is 0.786. The van der Waals surface area contributed by atoms with Crippen molar-refractivity contribution in [2.75, 3.05) is 31.9 Å². The van der Waals surface area contributed by atoms with Gasteiger partial charge < -0.3 is 15.2 Å². The zero-order chi connectivity index (χ0) is 17.8. The van der Waals surface area contributed by atoms with Gasteiger partial charge in [-0.25, -0.2) is 13.1 Å². The molecule has 1 aromatic rings. The molecule has 1 heterocycles. The number of guanidine groups is 1. The number of aromatic nitrogens is 3. The summed E-state index contributed by atoms with van der Waals surface area (Å²) in [6, 6.07) is 0. The highest BCUT2D eigenvalue weighted by molar-refractivity contribution is 7.89. The molecule has 1 aromatic heterocycles. The average Bonchev–Trinajstić information content (AvgIpc) is 3.02. The van der Waals surface area contributed by atoms with Gasteiger partial charge in [-0.05, 0) is 20.3 Å². The van der Waals surface area contributed by atoms with E-state index >= 15 is 0 Å². The summed E-state index contributed by atoms with van der Waals surface area (Å²) in [5.41, 5.74) is 0. The second-order valence-corrected chi connectivity index (χ2v) is 7.23. The monoisotopic (exact) mass is 359 g/mol. The maximum Gasteiger partial charge on any atom is 0.211 e. The predicted molar refractivity (Wildman–Crippen MR) is 95.5 cm³/mol. The molecule has 0 atom stereocenters. The van der Waals surface area contributed by atoms with Crippen molar-refractivity contribution in [3.63, 3.8) is 0 Å². The Morgan fingerprint density at radius 1 is 1.25 bits per heavy atom. The number of aryl methyl sites for hydroxylation is 1. The summed E-state index contributed by atoms with van der Waals surface area (Å²) in [6.07, 6.45) is 3.23. The van der Waals surface area contributed by atoms with E-state index in [0.717, 1.165) is 31.3 Å². The lowest BCUT2D eigenvalue weighted by Gasteiger charge is -2.12. The number of nitrogens with zero attached hydrogens (tertiary/aromatic N) is 4. The molecule has 9 nitrogen and oxygen atoms in total. The van der Waals surface area contributed by atoms with Crippen molar-refractivity contribution >= 4 is 16.0 Å². The van der Waals surface area contributed by atoms with Gasteiger partial charge in [-0.1, -0.05) is 6.92 Å². The molecule has 0 aliphatic rings. The highest BCUT2D eigenvalue weighted by atomic mass is 32.2. The molecular formula is C14H29N7O2S. The minimum absolute atomic E-state index is 0.101. The maximum atomic E-state index is 11.3. The summed E-state index contributed by atoms with van der Waals surface area (Å²) in [5.74, 6) is 1.78. The Balaban J connectivity index is 2.34. The third kappa shape index (κ3) is 7.73. The standard InChI is InChI=1S/C14H29N7O2S/c1-4-13-20-18-12-21(13)11-10-17-14(15-5-2)16-8-7-9-19-24(22,23)6-3/h12,19H,4-11H2,1-3H3,(H2,15,16,17). The fourth-order valence-corrected chi connectivity index (χ4v) is 2.64. The third-order valence-electron chi connectivity index (χ3n) is 3.31. The van der Waals surface area contributed by atoms with Crippen molar-refractivity contribution < 1.29 is 8.42 Å². The summed E-state index contributed by atoms with van der Waals surface area (Å²) in [4.78, 5) is 4.44. The fourth-order valence-electron chi connectivity index (χ4n) is 1.98. The number of rotatable bonds is 11. The van der Waals surface area contributed by atoms with Crippen molar-refractivity contribution in [2.24, 2.45) is 4.99 Å². The second kappa shape index (κ2) is 11.0. The molecule has 0 spiro atoms. The zero-order valence-electron chi connectivity index (χ0n) is 14.7. The van der Waals surface area contributed by atoms with E-state index in [1.165, 1.54) is 0 Å². The first kappa shape index (κ1) is 20.4. The molecular weight excluding hydrogens is 330 g/mol. The first-order chi connectivity index (χ1) is 11.5. The van der Waals surface area contributed by atoms with E-state index in [1.54, 1.807) is 13.3 Å². The van der Waals surface area contributed by atoms with Gasteiger partial charge in [0.1, 0.15) is 12.2 Å². The van der Waals surface area contributed by atoms with E-state index < -0.39 is 10.0 Å². The van der Waals surface area contributed by atoms with Gasteiger partial charge in [-0.2, -0.15) is 0 Å². The van der Waals surface area contributed by atoms with Crippen LogP contribution in [0, 0.1) is 0 Å². The summed E-state index contributed by atoms with van der Waals surface area (Å²) >= 11 is 0. The summed E-state index contributed by atoms with van der Waals surface area (Å²) in [6.45, 7) is 8.85. The van der Waals surface area contributed by atoms with Crippen molar-refractivity contribution in [1.29, 1.82) is 0 Å². The van der Waals surface area contributed by atoms with E-state index in [0.29, 0.717) is 26.1 Å². The van der Waals surface area contributed by atoms with Crippen LogP contribution < -0.4 is 15.4 Å². The Hall–Kier alpha value is -1.68. The molecule has 0 amide bonds. The lowest BCUT2D eigenvalue weighted by atomic mass is 10.4. The van der Waals surface area contributed by atoms with Gasteiger partial charge in [0.2, 0.25) is 10.0 Å². The Morgan fingerprint density at radius 2 is 2.04 bits per heavy atom. The summed E-state index contributed by atoms with van der Waals surface area (Å²) in [5, 5.41) is 14.4. The van der Waals surface area contributed by atoms with Gasteiger partial charge >= 0.3 is 0 Å². The van der Waals surface area contributed by atoms with E-state index in [2.05, 4.69) is 30.5 Å². The Kier molecular flexibility index (Phi) is 9.31. The number of sulfonamides is 1. The van der Waals surface area contributed by atoms with E-state index in [1.807, 2.05) is 18.4 Å². The topological polar surface area (TPSA) is 113 Å². The molecule has 10 heteroatoms. The second-order valence-electron chi connectivity index (χ2n) is 5.13. The molecule has 0 fully saturated rings. The number of aliphatic imine (C=N–C) groups is 1. The Labute approximate surface area is 144 Å². The van der Waals surface area contributed by atoms with Crippen LogP contribution in [0.2, 0.25) is 0 Å². The first-order valence-corrected chi connectivity index (χ1v) is 10.0. The minimum atomic E-state index is -3.12. The van der Waals surface area contributed by atoms with Gasteiger partial charge in [0.15, 0.2) is 5.96 Å². The average molecular weight is 360 g/mol. The molecule has 0 aliphatic carbocycles. The third-order valence-corrected chi connectivity index (χ3v) is 4.71. The molecule has 0 radical (unpaired) electrons. The molecule has 24 heavy (non-hydrogen) atoms. The van der Waals surface area contributed by atoms with E-state index in [-0.39, 0.29) is 5.75 Å². The van der Waals surface area contributed by atoms with E-state index in [4.69, 9.17) is 0 Å². The molecule has 0 saturated heterocycles.